The molecule has 4 rings (SSSR count). The largest absolute Gasteiger partial charge is 0.487 e. The zero-order chi connectivity index (χ0) is 20.9. The lowest BCUT2D eigenvalue weighted by Gasteiger charge is -2.34. The summed E-state index contributed by atoms with van der Waals surface area (Å²) in [7, 11) is 0. The number of hydrogen-bond acceptors (Lipinski definition) is 6. The summed E-state index contributed by atoms with van der Waals surface area (Å²) in [6.45, 7) is 5.53. The van der Waals surface area contributed by atoms with E-state index in [1.165, 1.54) is 17.8 Å². The molecule has 1 aliphatic heterocycles. The first-order valence-corrected chi connectivity index (χ1v) is 10.6. The van der Waals surface area contributed by atoms with Gasteiger partial charge in [0, 0.05) is 43.9 Å². The molecule has 1 fully saturated rings. The first kappa shape index (κ1) is 20.4. The fourth-order valence-corrected chi connectivity index (χ4v) is 3.94. The lowest BCUT2D eigenvalue weighted by molar-refractivity contribution is 0.0627. The van der Waals surface area contributed by atoms with E-state index in [0.29, 0.717) is 43.1 Å². The maximum atomic E-state index is 13.9. The molecule has 0 bridgehead atoms. The molecule has 0 spiro atoms. The molecular weight excluding hydrogens is 403 g/mol. The van der Waals surface area contributed by atoms with E-state index in [1.807, 2.05) is 24.0 Å². The predicted octanol–water partition coefficient (Wildman–Crippen LogP) is 3.52. The van der Waals surface area contributed by atoms with Crippen LogP contribution < -0.4 is 4.74 Å². The van der Waals surface area contributed by atoms with E-state index in [2.05, 4.69) is 13.6 Å². The first-order chi connectivity index (χ1) is 14.6. The molecule has 0 atom stereocenters. The van der Waals surface area contributed by atoms with Crippen molar-refractivity contribution in [2.75, 3.05) is 26.2 Å². The van der Waals surface area contributed by atoms with E-state index in [1.54, 1.807) is 30.3 Å². The Bertz CT molecular complexity index is 1000. The van der Waals surface area contributed by atoms with Crippen molar-refractivity contribution in [3.8, 4) is 5.75 Å². The van der Waals surface area contributed by atoms with E-state index in [4.69, 9.17) is 4.74 Å². The average Bonchev–Trinajstić information content (AvgIpc) is 3.19. The van der Waals surface area contributed by atoms with Gasteiger partial charge in [-0.05, 0) is 37.3 Å². The highest BCUT2D eigenvalue weighted by molar-refractivity contribution is 6.99. The number of rotatable bonds is 6. The Morgan fingerprint density at radius 1 is 1.07 bits per heavy atom. The van der Waals surface area contributed by atoms with E-state index >= 15 is 0 Å². The van der Waals surface area contributed by atoms with Crippen LogP contribution in [0.25, 0.3) is 0 Å². The molecule has 8 heteroatoms. The number of benzene rings is 2. The van der Waals surface area contributed by atoms with Gasteiger partial charge in [0.2, 0.25) is 0 Å². The summed E-state index contributed by atoms with van der Waals surface area (Å²) in [4.78, 5) is 16.8. The molecule has 1 saturated heterocycles. The third-order valence-corrected chi connectivity index (χ3v) is 5.89. The van der Waals surface area contributed by atoms with Gasteiger partial charge in [0.15, 0.2) is 0 Å². The Morgan fingerprint density at radius 2 is 1.80 bits per heavy atom. The van der Waals surface area contributed by atoms with Gasteiger partial charge in [-0.15, -0.1) is 0 Å². The zero-order valence-corrected chi connectivity index (χ0v) is 17.6. The molecule has 0 aliphatic carbocycles. The van der Waals surface area contributed by atoms with E-state index < -0.39 is 0 Å². The van der Waals surface area contributed by atoms with Crippen LogP contribution in [-0.4, -0.2) is 50.6 Å². The Kier molecular flexibility index (Phi) is 6.35. The van der Waals surface area contributed by atoms with Crippen molar-refractivity contribution in [2.24, 2.45) is 0 Å². The minimum Gasteiger partial charge on any atom is -0.487 e. The Labute approximate surface area is 179 Å². The van der Waals surface area contributed by atoms with Crippen molar-refractivity contribution >= 4 is 17.6 Å². The van der Waals surface area contributed by atoms with E-state index in [9.17, 15) is 9.18 Å². The van der Waals surface area contributed by atoms with Gasteiger partial charge in [-0.1, -0.05) is 18.2 Å². The van der Waals surface area contributed by atoms with Gasteiger partial charge in [0.25, 0.3) is 5.91 Å². The van der Waals surface area contributed by atoms with Gasteiger partial charge >= 0.3 is 0 Å². The summed E-state index contributed by atoms with van der Waals surface area (Å²) in [5, 5.41) is 0. The van der Waals surface area contributed by atoms with Crippen LogP contribution in [-0.2, 0) is 13.2 Å². The van der Waals surface area contributed by atoms with E-state index in [-0.39, 0.29) is 11.7 Å². The van der Waals surface area contributed by atoms with Crippen LogP contribution in [0.2, 0.25) is 0 Å². The first-order valence-electron chi connectivity index (χ1n) is 9.86. The molecule has 1 aliphatic rings. The summed E-state index contributed by atoms with van der Waals surface area (Å²) >= 11 is 1.17. The monoisotopic (exact) mass is 426 g/mol. The van der Waals surface area contributed by atoms with Gasteiger partial charge < -0.3 is 9.64 Å². The zero-order valence-electron chi connectivity index (χ0n) is 16.8. The molecule has 0 unspecified atom stereocenters. The average molecular weight is 427 g/mol. The molecule has 1 amide bonds. The van der Waals surface area contributed by atoms with Crippen LogP contribution in [0.5, 0.6) is 5.75 Å². The molecule has 156 valence electrons. The lowest BCUT2D eigenvalue weighted by atomic mass is 10.1. The highest BCUT2D eigenvalue weighted by Gasteiger charge is 2.22. The number of halogens is 1. The van der Waals surface area contributed by atoms with Crippen molar-refractivity contribution in [1.82, 2.24) is 18.5 Å². The highest BCUT2D eigenvalue weighted by Crippen LogP contribution is 2.18. The van der Waals surface area contributed by atoms with Gasteiger partial charge in [-0.3, -0.25) is 9.69 Å². The molecule has 30 heavy (non-hydrogen) atoms. The molecule has 6 nitrogen and oxygen atoms in total. The maximum absolute atomic E-state index is 13.9. The van der Waals surface area contributed by atoms with Gasteiger partial charge in [0.1, 0.15) is 23.9 Å². The summed E-state index contributed by atoms with van der Waals surface area (Å²) in [5.41, 5.74) is 3.03. The predicted molar refractivity (Wildman–Crippen MR) is 113 cm³/mol. The SMILES string of the molecule is Cc1nsnc1COc1ccc(C(=O)N2CCN(Cc3ccccc3F)CC2)cc1. The second kappa shape index (κ2) is 9.32. The molecular formula is C22H23FN4O2S. The lowest BCUT2D eigenvalue weighted by Crippen LogP contribution is -2.48. The smallest absolute Gasteiger partial charge is 0.253 e. The summed E-state index contributed by atoms with van der Waals surface area (Å²) in [6, 6.07) is 14.0. The van der Waals surface area contributed by atoms with Crippen LogP contribution in [0, 0.1) is 12.7 Å². The number of hydrogen-bond donors (Lipinski definition) is 0. The standard InChI is InChI=1S/C22H23FN4O2S/c1-16-21(25-30-24-16)15-29-19-8-6-17(7-9-19)22(28)27-12-10-26(11-13-27)14-18-4-2-3-5-20(18)23/h2-9H,10-15H2,1H3. The Balaban J connectivity index is 1.28. The van der Waals surface area contributed by atoms with Crippen LogP contribution in [0.4, 0.5) is 4.39 Å². The molecule has 2 aromatic carbocycles. The molecule has 0 N–H and O–H groups in total. The number of nitrogens with zero attached hydrogens (tertiary/aromatic N) is 4. The van der Waals surface area contributed by atoms with Gasteiger partial charge in [-0.25, -0.2) is 4.39 Å². The number of ether oxygens (including phenoxy) is 1. The normalized spacial score (nSPS) is 14.7. The van der Waals surface area contributed by atoms with Crippen LogP contribution in [0.15, 0.2) is 48.5 Å². The number of carbonyl (C=O) groups excluding carboxylic acids is 1. The molecule has 1 aromatic heterocycles. The number of aromatic nitrogens is 2. The second-order valence-electron chi connectivity index (χ2n) is 7.27. The number of piperazine rings is 1. The van der Waals surface area contributed by atoms with Crippen molar-refractivity contribution < 1.29 is 13.9 Å². The van der Waals surface area contributed by atoms with Crippen molar-refractivity contribution in [1.29, 1.82) is 0 Å². The van der Waals surface area contributed by atoms with Crippen LogP contribution >= 0.6 is 11.7 Å². The molecule has 0 saturated carbocycles. The fourth-order valence-electron chi connectivity index (χ4n) is 3.39. The Hall–Kier alpha value is -2.84. The van der Waals surface area contributed by atoms with Crippen LogP contribution in [0.3, 0.4) is 0 Å². The summed E-state index contributed by atoms with van der Waals surface area (Å²) in [5.74, 6) is 0.514. The Morgan fingerprint density at radius 3 is 2.47 bits per heavy atom. The minimum atomic E-state index is -0.181. The van der Waals surface area contributed by atoms with Crippen molar-refractivity contribution in [2.45, 2.75) is 20.1 Å². The molecule has 3 aromatic rings. The minimum absolute atomic E-state index is 0.00615. The molecule has 2 heterocycles. The quantitative estimate of drug-likeness (QED) is 0.604. The van der Waals surface area contributed by atoms with Crippen LogP contribution in [0.1, 0.15) is 27.3 Å². The third-order valence-electron chi connectivity index (χ3n) is 5.23. The second-order valence-corrected chi connectivity index (χ2v) is 7.80. The van der Waals surface area contributed by atoms with Gasteiger partial charge in [0.05, 0.1) is 17.4 Å². The highest BCUT2D eigenvalue weighted by atomic mass is 32.1. The number of amides is 1. The van der Waals surface area contributed by atoms with Gasteiger partial charge in [-0.2, -0.15) is 8.75 Å². The topological polar surface area (TPSA) is 58.6 Å². The fraction of sp³-hybridized carbons (Fsp3) is 0.318. The van der Waals surface area contributed by atoms with E-state index in [0.717, 1.165) is 24.5 Å². The maximum Gasteiger partial charge on any atom is 0.253 e. The number of carbonyl (C=O) groups is 1. The summed E-state index contributed by atoms with van der Waals surface area (Å²) in [6.07, 6.45) is 0. The third kappa shape index (κ3) is 4.83. The molecule has 0 radical (unpaired) electrons. The summed E-state index contributed by atoms with van der Waals surface area (Å²) < 4.78 is 27.9. The number of aryl methyl sites for hydroxylation is 1. The van der Waals surface area contributed by atoms with Crippen molar-refractivity contribution in [3.63, 3.8) is 0 Å². The van der Waals surface area contributed by atoms with Crippen molar-refractivity contribution in [3.05, 3.63) is 76.9 Å².